The fraction of sp³-hybridized carbons (Fsp3) is 0.0385. The molecule has 0 spiro atoms. The molecule has 0 unspecified atom stereocenters. The summed E-state index contributed by atoms with van der Waals surface area (Å²) in [5.74, 6) is -0.290. The maximum atomic E-state index is 12.8. The molecule has 0 N–H and O–H groups in total. The van der Waals surface area contributed by atoms with Crippen LogP contribution in [0.1, 0.15) is 27.0 Å². The van der Waals surface area contributed by atoms with Crippen LogP contribution in [-0.2, 0) is 6.54 Å². The van der Waals surface area contributed by atoms with E-state index in [1.165, 1.54) is 0 Å². The predicted molar refractivity (Wildman–Crippen MR) is 117 cm³/mol. The van der Waals surface area contributed by atoms with E-state index < -0.39 is 0 Å². The van der Waals surface area contributed by atoms with Crippen molar-refractivity contribution in [2.24, 2.45) is 0 Å². The highest BCUT2D eigenvalue weighted by atomic mass is 16.1. The number of carbonyl (C=O) groups excluding carboxylic acids is 1. The normalized spacial score (nSPS) is 11.1. The Balaban J connectivity index is 1.74. The van der Waals surface area contributed by atoms with Gasteiger partial charge in [-0.25, -0.2) is 0 Å². The van der Waals surface area contributed by atoms with Gasteiger partial charge in [-0.05, 0) is 29.8 Å². The lowest BCUT2D eigenvalue weighted by Gasteiger charge is -2.05. The smallest absolute Gasteiger partial charge is 0.203 e. The molecule has 4 aromatic rings. The number of para-hydroxylation sites is 1. The molecule has 0 saturated heterocycles. The second kappa shape index (κ2) is 8.31. The third-order valence-corrected chi connectivity index (χ3v) is 4.96. The van der Waals surface area contributed by atoms with Crippen LogP contribution in [0, 0.1) is 22.7 Å². The number of nitriles is 2. The number of hydrogen-bond donors (Lipinski definition) is 0. The lowest BCUT2D eigenvalue weighted by Crippen LogP contribution is -2.01. The van der Waals surface area contributed by atoms with Gasteiger partial charge in [0.25, 0.3) is 0 Å². The second-order valence-corrected chi connectivity index (χ2v) is 6.90. The van der Waals surface area contributed by atoms with Crippen LogP contribution in [0.3, 0.4) is 0 Å². The van der Waals surface area contributed by atoms with Gasteiger partial charge in [-0.1, -0.05) is 60.7 Å². The Morgan fingerprint density at radius 3 is 2.30 bits per heavy atom. The molecule has 4 rings (SSSR count). The molecule has 0 aliphatic rings. The van der Waals surface area contributed by atoms with E-state index in [1.807, 2.05) is 48.7 Å². The van der Waals surface area contributed by atoms with Gasteiger partial charge in [-0.2, -0.15) is 10.5 Å². The first-order valence-corrected chi connectivity index (χ1v) is 9.48. The van der Waals surface area contributed by atoms with Crippen molar-refractivity contribution in [2.45, 2.75) is 6.54 Å². The third-order valence-electron chi connectivity index (χ3n) is 4.96. The topological polar surface area (TPSA) is 69.6 Å². The van der Waals surface area contributed by atoms with Crippen LogP contribution in [0.25, 0.3) is 17.0 Å². The fourth-order valence-electron chi connectivity index (χ4n) is 3.45. The fourth-order valence-corrected chi connectivity index (χ4v) is 3.45. The molecule has 0 atom stereocenters. The number of benzene rings is 3. The Kier molecular flexibility index (Phi) is 5.24. The number of allylic oxidation sites excluding steroid dienone is 1. The average molecular weight is 387 g/mol. The van der Waals surface area contributed by atoms with Crippen molar-refractivity contribution in [2.75, 3.05) is 0 Å². The van der Waals surface area contributed by atoms with E-state index >= 15 is 0 Å². The quantitative estimate of drug-likeness (QED) is 0.263. The molecular weight excluding hydrogens is 370 g/mol. The van der Waals surface area contributed by atoms with Crippen molar-refractivity contribution in [1.82, 2.24) is 4.57 Å². The van der Waals surface area contributed by atoms with Crippen molar-refractivity contribution in [3.05, 3.63) is 113 Å². The van der Waals surface area contributed by atoms with Crippen molar-refractivity contribution >= 4 is 22.8 Å². The Bertz CT molecular complexity index is 1330. The summed E-state index contributed by atoms with van der Waals surface area (Å²) in [6.45, 7) is 0.620. The zero-order chi connectivity index (χ0) is 20.9. The summed E-state index contributed by atoms with van der Waals surface area (Å²) in [6, 6.07) is 28.4. The number of carbonyl (C=O) groups is 1. The minimum absolute atomic E-state index is 0.0995. The van der Waals surface area contributed by atoms with Crippen molar-refractivity contribution < 1.29 is 4.79 Å². The third kappa shape index (κ3) is 3.76. The van der Waals surface area contributed by atoms with Gasteiger partial charge in [0.2, 0.25) is 5.78 Å². The molecule has 30 heavy (non-hydrogen) atoms. The predicted octanol–water partition coefficient (Wildman–Crippen LogP) is 5.35. The zero-order valence-electron chi connectivity index (χ0n) is 16.1. The number of rotatable bonds is 5. The molecule has 0 radical (unpaired) electrons. The Morgan fingerprint density at radius 2 is 1.60 bits per heavy atom. The SMILES string of the molecule is N#C/C(=C\c1cn(Cc2ccc(C#N)cc2)c2ccccc12)C(=O)c1ccccc1. The number of aromatic nitrogens is 1. The molecule has 4 heteroatoms. The summed E-state index contributed by atoms with van der Waals surface area (Å²) in [5, 5.41) is 19.6. The number of Topliss-reactive ketones (excluding diaryl/α,β-unsaturated/α-hetero) is 1. The number of fused-ring (bicyclic) bond motifs is 1. The lowest BCUT2D eigenvalue weighted by atomic mass is 10.0. The number of ketones is 1. The summed E-state index contributed by atoms with van der Waals surface area (Å²) in [7, 11) is 0. The van der Waals surface area contributed by atoms with E-state index in [0.29, 0.717) is 17.7 Å². The van der Waals surface area contributed by atoms with E-state index in [4.69, 9.17) is 5.26 Å². The number of nitrogens with zero attached hydrogens (tertiary/aromatic N) is 3. The van der Waals surface area contributed by atoms with Gasteiger partial charge in [-0.3, -0.25) is 4.79 Å². The second-order valence-electron chi connectivity index (χ2n) is 6.90. The molecule has 0 saturated carbocycles. The summed E-state index contributed by atoms with van der Waals surface area (Å²) < 4.78 is 2.09. The van der Waals surface area contributed by atoms with E-state index in [9.17, 15) is 10.1 Å². The van der Waals surface area contributed by atoms with Gasteiger partial charge in [0.1, 0.15) is 11.6 Å². The molecule has 3 aromatic carbocycles. The zero-order valence-corrected chi connectivity index (χ0v) is 16.1. The van der Waals surface area contributed by atoms with Gasteiger partial charge in [-0.15, -0.1) is 0 Å². The Labute approximate surface area is 174 Å². The highest BCUT2D eigenvalue weighted by molar-refractivity contribution is 6.14. The van der Waals surface area contributed by atoms with Gasteiger partial charge < -0.3 is 4.57 Å². The molecule has 4 nitrogen and oxygen atoms in total. The van der Waals surface area contributed by atoms with Gasteiger partial charge in [0, 0.05) is 34.8 Å². The van der Waals surface area contributed by atoms with E-state index in [-0.39, 0.29) is 11.4 Å². The van der Waals surface area contributed by atoms with Gasteiger partial charge in [0.05, 0.1) is 11.6 Å². The van der Waals surface area contributed by atoms with Crippen molar-refractivity contribution in [1.29, 1.82) is 10.5 Å². The highest BCUT2D eigenvalue weighted by Crippen LogP contribution is 2.25. The van der Waals surface area contributed by atoms with Crippen LogP contribution in [0.2, 0.25) is 0 Å². The average Bonchev–Trinajstić information content (AvgIpc) is 3.15. The van der Waals surface area contributed by atoms with E-state index in [0.717, 1.165) is 22.0 Å². The highest BCUT2D eigenvalue weighted by Gasteiger charge is 2.14. The largest absolute Gasteiger partial charge is 0.342 e. The summed E-state index contributed by atoms with van der Waals surface area (Å²) in [4.78, 5) is 12.8. The molecule has 0 fully saturated rings. The molecule has 0 amide bonds. The maximum absolute atomic E-state index is 12.8. The molecule has 0 aliphatic carbocycles. The maximum Gasteiger partial charge on any atom is 0.203 e. The first kappa shape index (κ1) is 18.9. The van der Waals surface area contributed by atoms with Crippen molar-refractivity contribution in [3.8, 4) is 12.1 Å². The molecule has 142 valence electrons. The van der Waals surface area contributed by atoms with Gasteiger partial charge >= 0.3 is 0 Å². The van der Waals surface area contributed by atoms with Crippen LogP contribution in [0.5, 0.6) is 0 Å². The summed E-state index contributed by atoms with van der Waals surface area (Å²) in [6.07, 6.45) is 3.62. The number of hydrogen-bond acceptors (Lipinski definition) is 3. The summed E-state index contributed by atoms with van der Waals surface area (Å²) in [5.41, 5.74) is 4.11. The van der Waals surface area contributed by atoms with Gasteiger partial charge in [0.15, 0.2) is 0 Å². The molecule has 1 heterocycles. The van der Waals surface area contributed by atoms with E-state index in [2.05, 4.69) is 16.7 Å². The molecule has 1 aromatic heterocycles. The Morgan fingerprint density at radius 1 is 0.900 bits per heavy atom. The Hall–Kier alpha value is -4.41. The first-order chi connectivity index (χ1) is 14.7. The van der Waals surface area contributed by atoms with Crippen LogP contribution in [0.15, 0.2) is 90.6 Å². The van der Waals surface area contributed by atoms with Crippen molar-refractivity contribution in [3.63, 3.8) is 0 Å². The minimum atomic E-state index is -0.290. The van der Waals surface area contributed by atoms with Crippen LogP contribution in [0.4, 0.5) is 0 Å². The van der Waals surface area contributed by atoms with Crippen LogP contribution in [-0.4, -0.2) is 10.4 Å². The molecule has 0 aliphatic heterocycles. The lowest BCUT2D eigenvalue weighted by molar-refractivity contribution is 0.104. The minimum Gasteiger partial charge on any atom is -0.342 e. The standard InChI is InChI=1S/C26H17N3O/c27-15-19-10-12-20(13-11-19)17-29-18-23(24-8-4-5-9-25(24)29)14-22(16-28)26(30)21-6-2-1-3-7-21/h1-14,18H,17H2/b22-14+. The first-order valence-electron chi connectivity index (χ1n) is 9.48. The molecular formula is C26H17N3O. The van der Waals surface area contributed by atoms with E-state index in [1.54, 1.807) is 42.5 Å². The van der Waals surface area contributed by atoms with Crippen LogP contribution < -0.4 is 0 Å². The monoisotopic (exact) mass is 387 g/mol. The van der Waals surface area contributed by atoms with Crippen LogP contribution >= 0.6 is 0 Å². The molecule has 0 bridgehead atoms. The summed E-state index contributed by atoms with van der Waals surface area (Å²) >= 11 is 0.